The second-order valence-electron chi connectivity index (χ2n) is 4.04. The number of benzene rings is 1. The third-order valence-electron chi connectivity index (χ3n) is 2.79. The number of halogens is 2. The number of rotatable bonds is 1. The predicted octanol–water partition coefficient (Wildman–Crippen LogP) is 4.36. The van der Waals surface area contributed by atoms with Gasteiger partial charge >= 0.3 is 0 Å². The zero-order valence-corrected chi connectivity index (χ0v) is 11.6. The van der Waals surface area contributed by atoms with Gasteiger partial charge in [-0.15, -0.1) is 11.3 Å². The van der Waals surface area contributed by atoms with Gasteiger partial charge in [-0.25, -0.2) is 4.39 Å². The van der Waals surface area contributed by atoms with Crippen molar-refractivity contribution in [3.63, 3.8) is 0 Å². The zero-order valence-electron chi connectivity index (χ0n) is 9.15. The normalized spacial score (nSPS) is 18.3. The van der Waals surface area contributed by atoms with Crippen LogP contribution in [0.5, 0.6) is 5.75 Å². The van der Waals surface area contributed by atoms with E-state index in [0.29, 0.717) is 11.3 Å². The molecule has 0 saturated heterocycles. The number of thiophene rings is 1. The number of Topliss-reactive ketones (excluding diaryl/α,β-unsaturated/α-hetero) is 1. The van der Waals surface area contributed by atoms with Gasteiger partial charge in [-0.1, -0.05) is 0 Å². The summed E-state index contributed by atoms with van der Waals surface area (Å²) in [7, 11) is 0. The fraction of sp³-hybridized carbons (Fsp3) is 0.154. The molecule has 1 unspecified atom stereocenters. The standard InChI is InChI=1S/C13H8BrFO2S/c14-7-3-13(18-6-7)12-5-10(16)9-4-8(15)1-2-11(9)17-12/h1-4,6,12H,5H2. The summed E-state index contributed by atoms with van der Waals surface area (Å²) in [5.41, 5.74) is 0.335. The Hall–Kier alpha value is -1.20. The van der Waals surface area contributed by atoms with Crippen molar-refractivity contribution in [2.75, 3.05) is 0 Å². The van der Waals surface area contributed by atoms with Gasteiger partial charge < -0.3 is 4.74 Å². The largest absolute Gasteiger partial charge is 0.484 e. The Morgan fingerprint density at radius 3 is 2.94 bits per heavy atom. The van der Waals surface area contributed by atoms with Crippen molar-refractivity contribution in [2.24, 2.45) is 0 Å². The van der Waals surface area contributed by atoms with E-state index in [-0.39, 0.29) is 18.3 Å². The number of fused-ring (bicyclic) bond motifs is 1. The molecule has 0 fully saturated rings. The number of hydrogen-bond donors (Lipinski definition) is 0. The van der Waals surface area contributed by atoms with Crippen molar-refractivity contribution < 1.29 is 13.9 Å². The Kier molecular flexibility index (Phi) is 2.95. The van der Waals surface area contributed by atoms with Crippen molar-refractivity contribution in [2.45, 2.75) is 12.5 Å². The highest BCUT2D eigenvalue weighted by atomic mass is 79.9. The number of carbonyl (C=O) groups is 1. The van der Waals surface area contributed by atoms with E-state index in [0.717, 1.165) is 9.35 Å². The van der Waals surface area contributed by atoms with E-state index >= 15 is 0 Å². The minimum absolute atomic E-state index is 0.0785. The van der Waals surface area contributed by atoms with Gasteiger partial charge in [-0.2, -0.15) is 0 Å². The maximum absolute atomic E-state index is 13.1. The van der Waals surface area contributed by atoms with Gasteiger partial charge in [0, 0.05) is 14.7 Å². The maximum atomic E-state index is 13.1. The molecule has 0 saturated carbocycles. The van der Waals surface area contributed by atoms with Crippen LogP contribution in [0.4, 0.5) is 4.39 Å². The summed E-state index contributed by atoms with van der Waals surface area (Å²) in [4.78, 5) is 13.0. The van der Waals surface area contributed by atoms with Crippen LogP contribution < -0.4 is 4.74 Å². The van der Waals surface area contributed by atoms with Crippen LogP contribution in [0.3, 0.4) is 0 Å². The monoisotopic (exact) mass is 326 g/mol. The van der Waals surface area contributed by atoms with Gasteiger partial charge in [0.25, 0.3) is 0 Å². The van der Waals surface area contributed by atoms with Crippen LogP contribution in [-0.2, 0) is 0 Å². The lowest BCUT2D eigenvalue weighted by molar-refractivity contribution is 0.0853. The van der Waals surface area contributed by atoms with E-state index in [1.165, 1.54) is 29.5 Å². The maximum Gasteiger partial charge on any atom is 0.170 e. The second kappa shape index (κ2) is 4.48. The van der Waals surface area contributed by atoms with Crippen LogP contribution in [0.25, 0.3) is 0 Å². The Morgan fingerprint density at radius 1 is 1.39 bits per heavy atom. The average Bonchev–Trinajstić information content (AvgIpc) is 2.77. The fourth-order valence-corrected chi connectivity index (χ4v) is 3.43. The van der Waals surface area contributed by atoms with E-state index in [1.54, 1.807) is 0 Å². The van der Waals surface area contributed by atoms with Crippen LogP contribution in [-0.4, -0.2) is 5.78 Å². The van der Waals surface area contributed by atoms with Crippen LogP contribution in [0, 0.1) is 5.82 Å². The number of carbonyl (C=O) groups excluding carboxylic acids is 1. The lowest BCUT2D eigenvalue weighted by atomic mass is 10.00. The quantitative estimate of drug-likeness (QED) is 0.778. The molecule has 1 atom stereocenters. The summed E-state index contributed by atoms with van der Waals surface area (Å²) in [6.45, 7) is 0. The van der Waals surface area contributed by atoms with Crippen molar-refractivity contribution in [3.8, 4) is 5.75 Å². The molecular weight excluding hydrogens is 319 g/mol. The summed E-state index contributed by atoms with van der Waals surface area (Å²) in [6.07, 6.45) is -0.0181. The molecule has 2 aromatic rings. The molecule has 1 aromatic carbocycles. The highest BCUT2D eigenvalue weighted by molar-refractivity contribution is 9.10. The molecule has 0 radical (unpaired) electrons. The molecule has 92 valence electrons. The van der Waals surface area contributed by atoms with Gasteiger partial charge in [-0.3, -0.25) is 4.79 Å². The molecular formula is C13H8BrFO2S. The predicted molar refractivity (Wildman–Crippen MR) is 70.7 cm³/mol. The number of ketones is 1. The zero-order chi connectivity index (χ0) is 12.7. The van der Waals surface area contributed by atoms with Gasteiger partial charge in [0.2, 0.25) is 0 Å². The molecule has 0 aliphatic carbocycles. The van der Waals surface area contributed by atoms with Gasteiger partial charge in [0.1, 0.15) is 17.7 Å². The van der Waals surface area contributed by atoms with E-state index in [4.69, 9.17) is 4.74 Å². The first-order valence-corrected chi connectivity index (χ1v) is 7.04. The molecule has 5 heteroatoms. The van der Waals surface area contributed by atoms with Crippen molar-refractivity contribution >= 4 is 33.0 Å². The number of ether oxygens (including phenoxy) is 1. The van der Waals surface area contributed by atoms with Gasteiger partial charge in [-0.05, 0) is 40.2 Å². The fourth-order valence-electron chi connectivity index (χ4n) is 1.95. The Morgan fingerprint density at radius 2 is 2.22 bits per heavy atom. The summed E-state index contributed by atoms with van der Waals surface area (Å²) < 4.78 is 19.8. The molecule has 3 rings (SSSR count). The summed E-state index contributed by atoms with van der Waals surface area (Å²) in [6, 6.07) is 5.99. The lowest BCUT2D eigenvalue weighted by Crippen LogP contribution is -2.19. The Labute approximate surface area is 116 Å². The third-order valence-corrected chi connectivity index (χ3v) is 4.57. The van der Waals surface area contributed by atoms with Crippen molar-refractivity contribution in [1.29, 1.82) is 0 Å². The molecule has 0 N–H and O–H groups in total. The average molecular weight is 327 g/mol. The molecule has 2 heterocycles. The second-order valence-corrected chi connectivity index (χ2v) is 5.90. The summed E-state index contributed by atoms with van der Waals surface area (Å²) in [5.74, 6) is -0.0320. The molecule has 0 amide bonds. The van der Waals surface area contributed by atoms with Crippen LogP contribution in [0.2, 0.25) is 0 Å². The molecule has 0 bridgehead atoms. The molecule has 2 nitrogen and oxygen atoms in total. The molecule has 1 aliphatic rings. The molecule has 18 heavy (non-hydrogen) atoms. The van der Waals surface area contributed by atoms with Crippen LogP contribution in [0.1, 0.15) is 27.8 Å². The van der Waals surface area contributed by atoms with E-state index < -0.39 is 5.82 Å². The summed E-state index contributed by atoms with van der Waals surface area (Å²) in [5, 5.41) is 1.95. The summed E-state index contributed by atoms with van der Waals surface area (Å²) >= 11 is 4.91. The highest BCUT2D eigenvalue weighted by Crippen LogP contribution is 2.38. The molecule has 1 aromatic heterocycles. The van der Waals surface area contributed by atoms with Crippen molar-refractivity contribution in [3.05, 3.63) is 50.4 Å². The SMILES string of the molecule is O=C1CC(c2cc(Br)cs2)Oc2ccc(F)cc21. The first-order valence-electron chi connectivity index (χ1n) is 5.37. The first kappa shape index (κ1) is 11.9. The van der Waals surface area contributed by atoms with Crippen molar-refractivity contribution in [1.82, 2.24) is 0 Å². The number of hydrogen-bond acceptors (Lipinski definition) is 3. The topological polar surface area (TPSA) is 26.3 Å². The lowest BCUT2D eigenvalue weighted by Gasteiger charge is -2.24. The van der Waals surface area contributed by atoms with E-state index in [9.17, 15) is 9.18 Å². The van der Waals surface area contributed by atoms with Crippen LogP contribution in [0.15, 0.2) is 34.1 Å². The molecule has 0 spiro atoms. The van der Waals surface area contributed by atoms with E-state index in [1.807, 2.05) is 11.4 Å². The smallest absolute Gasteiger partial charge is 0.170 e. The molecule has 1 aliphatic heterocycles. The van der Waals surface area contributed by atoms with Crippen LogP contribution >= 0.6 is 27.3 Å². The third kappa shape index (κ3) is 2.08. The van der Waals surface area contributed by atoms with E-state index in [2.05, 4.69) is 15.9 Å². The first-order chi connectivity index (χ1) is 8.63. The van der Waals surface area contributed by atoms with Gasteiger partial charge in [0.05, 0.1) is 12.0 Å². The highest BCUT2D eigenvalue weighted by Gasteiger charge is 2.28. The van der Waals surface area contributed by atoms with Gasteiger partial charge in [0.15, 0.2) is 5.78 Å². The minimum Gasteiger partial charge on any atom is -0.484 e. The minimum atomic E-state index is -0.414. The Balaban J connectivity index is 1.96. The Bertz CT molecular complexity index is 623.